The minimum Gasteiger partial charge on any atom is -0.469 e. The topological polar surface area (TPSA) is 43.4 Å². The Labute approximate surface area is 106 Å². The third-order valence-corrected chi connectivity index (χ3v) is 3.38. The molecule has 0 radical (unpaired) electrons. The molecular weight excluding hydrogens is 236 g/mol. The van der Waals surface area contributed by atoms with E-state index in [1.165, 1.54) is 18.9 Å². The number of benzene rings is 1. The van der Waals surface area contributed by atoms with Gasteiger partial charge in [-0.05, 0) is 6.07 Å². The Bertz CT molecular complexity index is 401. The number of thioether (sulfide) groups is 1. The molecule has 3 nitrogen and oxygen atoms in total. The molecule has 92 valence electrons. The zero-order chi connectivity index (χ0) is 12.7. The van der Waals surface area contributed by atoms with Crippen molar-refractivity contribution in [1.29, 1.82) is 0 Å². The summed E-state index contributed by atoms with van der Waals surface area (Å²) >= 11 is 1.51. The number of hydrogen-bond acceptors (Lipinski definition) is 4. The first-order valence-corrected chi connectivity index (χ1v) is 6.49. The number of esters is 1. The van der Waals surface area contributed by atoms with Gasteiger partial charge in [0.2, 0.25) is 0 Å². The highest BCUT2D eigenvalue weighted by atomic mass is 32.2. The summed E-state index contributed by atoms with van der Waals surface area (Å²) in [5.74, 6) is 0.531. The van der Waals surface area contributed by atoms with Gasteiger partial charge in [0.1, 0.15) is 0 Å². The van der Waals surface area contributed by atoms with Crippen molar-refractivity contribution >= 4 is 23.5 Å². The SMILES string of the molecule is CCC(=O)c1ccccc1SCCC(=O)OC. The highest BCUT2D eigenvalue weighted by Gasteiger charge is 2.09. The molecule has 0 amide bonds. The Kier molecular flexibility index (Phi) is 5.77. The normalized spacial score (nSPS) is 10.0. The molecule has 4 heteroatoms. The van der Waals surface area contributed by atoms with E-state index in [1.54, 1.807) is 0 Å². The van der Waals surface area contributed by atoms with Crippen LogP contribution >= 0.6 is 11.8 Å². The number of ketones is 1. The molecule has 0 aromatic heterocycles. The van der Waals surface area contributed by atoms with Crippen LogP contribution in [-0.4, -0.2) is 24.6 Å². The third-order valence-electron chi connectivity index (χ3n) is 2.30. The fourth-order valence-electron chi connectivity index (χ4n) is 1.36. The molecule has 0 N–H and O–H groups in total. The number of Topliss-reactive ketones (excluding diaryl/α,β-unsaturated/α-hetero) is 1. The summed E-state index contributed by atoms with van der Waals surface area (Å²) in [6.45, 7) is 1.85. The van der Waals surface area contributed by atoms with Crippen molar-refractivity contribution in [2.24, 2.45) is 0 Å². The van der Waals surface area contributed by atoms with Gasteiger partial charge in [0.05, 0.1) is 13.5 Å². The van der Waals surface area contributed by atoms with Crippen LogP contribution in [0.25, 0.3) is 0 Å². The summed E-state index contributed by atoms with van der Waals surface area (Å²) in [6, 6.07) is 7.48. The maximum Gasteiger partial charge on any atom is 0.306 e. The summed E-state index contributed by atoms with van der Waals surface area (Å²) in [4.78, 5) is 23.6. The highest BCUT2D eigenvalue weighted by Crippen LogP contribution is 2.24. The average Bonchev–Trinajstić information content (AvgIpc) is 2.38. The van der Waals surface area contributed by atoms with Gasteiger partial charge in [0.25, 0.3) is 0 Å². The van der Waals surface area contributed by atoms with E-state index < -0.39 is 0 Å². The van der Waals surface area contributed by atoms with E-state index in [4.69, 9.17) is 0 Å². The lowest BCUT2D eigenvalue weighted by Crippen LogP contribution is -2.02. The van der Waals surface area contributed by atoms with E-state index in [0.717, 1.165) is 10.5 Å². The van der Waals surface area contributed by atoms with E-state index >= 15 is 0 Å². The number of methoxy groups -OCH3 is 1. The van der Waals surface area contributed by atoms with Crippen LogP contribution in [0.3, 0.4) is 0 Å². The highest BCUT2D eigenvalue weighted by molar-refractivity contribution is 7.99. The first-order chi connectivity index (χ1) is 8.19. The number of rotatable bonds is 6. The summed E-state index contributed by atoms with van der Waals surface area (Å²) in [7, 11) is 1.38. The first-order valence-electron chi connectivity index (χ1n) is 5.50. The Balaban J connectivity index is 2.64. The minimum absolute atomic E-state index is 0.131. The van der Waals surface area contributed by atoms with Gasteiger partial charge in [-0.3, -0.25) is 9.59 Å². The van der Waals surface area contributed by atoms with Crippen LogP contribution in [0, 0.1) is 0 Å². The molecule has 0 fully saturated rings. The number of hydrogen-bond donors (Lipinski definition) is 0. The Hall–Kier alpha value is -1.29. The second-order valence-corrected chi connectivity index (χ2v) is 4.58. The van der Waals surface area contributed by atoms with Crippen molar-refractivity contribution in [3.05, 3.63) is 29.8 Å². The maximum atomic E-state index is 11.7. The molecule has 0 aliphatic carbocycles. The predicted octanol–water partition coefficient (Wildman–Crippen LogP) is 2.93. The summed E-state index contributed by atoms with van der Waals surface area (Å²) in [5, 5.41) is 0. The maximum absolute atomic E-state index is 11.7. The molecule has 0 bridgehead atoms. The smallest absolute Gasteiger partial charge is 0.306 e. The lowest BCUT2D eigenvalue weighted by Gasteiger charge is -2.06. The molecule has 0 spiro atoms. The van der Waals surface area contributed by atoms with Crippen LogP contribution in [0.5, 0.6) is 0 Å². The van der Waals surface area contributed by atoms with Crippen molar-refractivity contribution in [1.82, 2.24) is 0 Å². The summed E-state index contributed by atoms with van der Waals surface area (Å²) < 4.78 is 4.57. The molecule has 17 heavy (non-hydrogen) atoms. The zero-order valence-electron chi connectivity index (χ0n) is 10.1. The monoisotopic (exact) mass is 252 g/mol. The predicted molar refractivity (Wildman–Crippen MR) is 68.4 cm³/mol. The van der Waals surface area contributed by atoms with Crippen LogP contribution in [-0.2, 0) is 9.53 Å². The second-order valence-electron chi connectivity index (χ2n) is 3.45. The number of carbonyl (C=O) groups is 2. The molecule has 1 aromatic rings. The Morgan fingerprint density at radius 2 is 2.00 bits per heavy atom. The van der Waals surface area contributed by atoms with E-state index in [1.807, 2.05) is 31.2 Å². The molecule has 1 rings (SSSR count). The largest absolute Gasteiger partial charge is 0.469 e. The van der Waals surface area contributed by atoms with Gasteiger partial charge in [0.15, 0.2) is 5.78 Å². The lowest BCUT2D eigenvalue weighted by atomic mass is 10.1. The van der Waals surface area contributed by atoms with Gasteiger partial charge in [-0.2, -0.15) is 0 Å². The molecule has 0 heterocycles. The van der Waals surface area contributed by atoms with E-state index in [-0.39, 0.29) is 11.8 Å². The van der Waals surface area contributed by atoms with Crippen molar-refractivity contribution in [2.75, 3.05) is 12.9 Å². The van der Waals surface area contributed by atoms with Gasteiger partial charge in [0, 0.05) is 22.6 Å². The minimum atomic E-state index is -0.225. The van der Waals surface area contributed by atoms with Crippen LogP contribution < -0.4 is 0 Å². The van der Waals surface area contributed by atoms with Gasteiger partial charge < -0.3 is 4.74 Å². The molecule has 0 atom stereocenters. The van der Waals surface area contributed by atoms with Crippen molar-refractivity contribution in [2.45, 2.75) is 24.7 Å². The van der Waals surface area contributed by atoms with Gasteiger partial charge in [-0.1, -0.05) is 25.1 Å². The van der Waals surface area contributed by atoms with Gasteiger partial charge in [-0.15, -0.1) is 11.8 Å². The van der Waals surface area contributed by atoms with Crippen LogP contribution in [0.4, 0.5) is 0 Å². The molecule has 0 unspecified atom stereocenters. The van der Waals surface area contributed by atoms with E-state index in [2.05, 4.69) is 4.74 Å². The molecule has 0 saturated carbocycles. The fourth-order valence-corrected chi connectivity index (χ4v) is 2.36. The van der Waals surface area contributed by atoms with Crippen molar-refractivity contribution in [3.63, 3.8) is 0 Å². The van der Waals surface area contributed by atoms with Crippen molar-refractivity contribution < 1.29 is 14.3 Å². The van der Waals surface area contributed by atoms with Crippen LogP contribution in [0.1, 0.15) is 30.1 Å². The Morgan fingerprint density at radius 1 is 1.29 bits per heavy atom. The molecular formula is C13H16O3S. The summed E-state index contributed by atoms with van der Waals surface area (Å²) in [5.41, 5.74) is 0.741. The van der Waals surface area contributed by atoms with Crippen LogP contribution in [0.2, 0.25) is 0 Å². The molecule has 1 aromatic carbocycles. The molecule has 0 saturated heterocycles. The van der Waals surface area contributed by atoms with Crippen molar-refractivity contribution in [3.8, 4) is 0 Å². The number of ether oxygens (including phenoxy) is 1. The van der Waals surface area contributed by atoms with Gasteiger partial charge in [-0.25, -0.2) is 0 Å². The third kappa shape index (κ3) is 4.23. The summed E-state index contributed by atoms with van der Waals surface area (Å²) in [6.07, 6.45) is 0.852. The van der Waals surface area contributed by atoms with E-state index in [9.17, 15) is 9.59 Å². The average molecular weight is 252 g/mol. The standard InChI is InChI=1S/C13H16O3S/c1-3-11(14)10-6-4-5-7-12(10)17-9-8-13(15)16-2/h4-7H,3,8-9H2,1-2H3. The quantitative estimate of drug-likeness (QED) is 0.443. The Morgan fingerprint density at radius 3 is 2.65 bits per heavy atom. The second kappa shape index (κ2) is 7.12. The number of carbonyl (C=O) groups excluding carboxylic acids is 2. The zero-order valence-corrected chi connectivity index (χ0v) is 10.9. The van der Waals surface area contributed by atoms with E-state index in [0.29, 0.717) is 18.6 Å². The van der Waals surface area contributed by atoms with Gasteiger partial charge >= 0.3 is 5.97 Å². The fraction of sp³-hybridized carbons (Fsp3) is 0.385. The van der Waals surface area contributed by atoms with Crippen LogP contribution in [0.15, 0.2) is 29.2 Å². The lowest BCUT2D eigenvalue weighted by molar-refractivity contribution is -0.140. The molecule has 0 aliphatic heterocycles. The first kappa shape index (κ1) is 13.8. The molecule has 0 aliphatic rings.